The predicted molar refractivity (Wildman–Crippen MR) is 62.4 cm³/mol. The summed E-state index contributed by atoms with van der Waals surface area (Å²) in [6.45, 7) is 2.60. The van der Waals surface area contributed by atoms with Crippen molar-refractivity contribution in [2.75, 3.05) is 5.75 Å². The topological polar surface area (TPSA) is 67.2 Å². The summed E-state index contributed by atoms with van der Waals surface area (Å²) in [6.07, 6.45) is 0. The van der Waals surface area contributed by atoms with Crippen molar-refractivity contribution in [2.45, 2.75) is 18.4 Å². The van der Waals surface area contributed by atoms with Gasteiger partial charge in [0.05, 0.1) is 0 Å². The van der Waals surface area contributed by atoms with E-state index in [1.807, 2.05) is 29.7 Å². The molecule has 0 aromatic heterocycles. The molecule has 0 atom stereocenters. The van der Waals surface area contributed by atoms with Gasteiger partial charge in [0.25, 0.3) is 0 Å². The van der Waals surface area contributed by atoms with Gasteiger partial charge in [-0.05, 0) is 23.4 Å². The molecule has 0 fully saturated rings. The van der Waals surface area contributed by atoms with E-state index in [9.17, 15) is 4.79 Å². The van der Waals surface area contributed by atoms with Crippen molar-refractivity contribution >= 4 is 17.8 Å². The van der Waals surface area contributed by atoms with Gasteiger partial charge >= 0.3 is 6.03 Å². The standard InChI is InChI=1S/C10H15N3OS/c1-2-15-9-5-3-8(4-6-9)7-12-10(14)13-11/h3-6H,2,7,11H2,1H3,(H2,12,13,14). The van der Waals surface area contributed by atoms with E-state index in [1.165, 1.54) is 4.90 Å². The van der Waals surface area contributed by atoms with Crippen LogP contribution in [0.5, 0.6) is 0 Å². The summed E-state index contributed by atoms with van der Waals surface area (Å²) in [4.78, 5) is 12.0. The molecule has 1 aromatic rings. The average Bonchev–Trinajstić information content (AvgIpc) is 2.28. The van der Waals surface area contributed by atoms with Crippen LogP contribution < -0.4 is 16.6 Å². The van der Waals surface area contributed by atoms with Crippen molar-refractivity contribution in [3.8, 4) is 0 Å². The van der Waals surface area contributed by atoms with E-state index in [0.29, 0.717) is 6.54 Å². The van der Waals surface area contributed by atoms with Crippen LogP contribution in [0.25, 0.3) is 0 Å². The zero-order valence-electron chi connectivity index (χ0n) is 8.62. The second-order valence-electron chi connectivity index (χ2n) is 2.90. The lowest BCUT2D eigenvalue weighted by Gasteiger charge is -2.05. The van der Waals surface area contributed by atoms with Gasteiger partial charge in [-0.15, -0.1) is 11.8 Å². The van der Waals surface area contributed by atoms with Crippen molar-refractivity contribution in [3.63, 3.8) is 0 Å². The molecule has 1 rings (SSSR count). The Labute approximate surface area is 93.6 Å². The highest BCUT2D eigenvalue weighted by Crippen LogP contribution is 2.17. The summed E-state index contributed by atoms with van der Waals surface area (Å²) in [5.41, 5.74) is 3.07. The van der Waals surface area contributed by atoms with E-state index in [1.54, 1.807) is 11.8 Å². The summed E-state index contributed by atoms with van der Waals surface area (Å²) in [6, 6.07) is 7.71. The maximum atomic E-state index is 10.8. The Bertz CT molecular complexity index is 313. The first-order valence-corrected chi connectivity index (χ1v) is 5.71. The zero-order chi connectivity index (χ0) is 11.1. The molecule has 0 aliphatic heterocycles. The summed E-state index contributed by atoms with van der Waals surface area (Å²) < 4.78 is 0. The number of thioether (sulfide) groups is 1. The zero-order valence-corrected chi connectivity index (χ0v) is 9.43. The monoisotopic (exact) mass is 225 g/mol. The Balaban J connectivity index is 2.45. The van der Waals surface area contributed by atoms with Crippen molar-refractivity contribution in [1.82, 2.24) is 10.7 Å². The first-order valence-electron chi connectivity index (χ1n) is 4.72. The number of nitrogens with one attached hydrogen (secondary N) is 2. The third-order valence-corrected chi connectivity index (χ3v) is 2.71. The molecule has 0 saturated heterocycles. The third kappa shape index (κ3) is 4.22. The van der Waals surface area contributed by atoms with E-state index >= 15 is 0 Å². The number of rotatable bonds is 4. The van der Waals surface area contributed by atoms with Crippen molar-refractivity contribution in [3.05, 3.63) is 29.8 Å². The molecular formula is C10H15N3OS. The maximum absolute atomic E-state index is 10.8. The smallest absolute Gasteiger partial charge is 0.329 e. The van der Waals surface area contributed by atoms with Crippen LogP contribution in [0, 0.1) is 0 Å². The van der Waals surface area contributed by atoms with Gasteiger partial charge < -0.3 is 5.32 Å². The molecule has 1 aromatic carbocycles. The molecule has 0 heterocycles. The van der Waals surface area contributed by atoms with Gasteiger partial charge in [0.15, 0.2) is 0 Å². The quantitative estimate of drug-likeness (QED) is 0.314. The van der Waals surface area contributed by atoms with Crippen LogP contribution in [0.4, 0.5) is 4.79 Å². The van der Waals surface area contributed by atoms with E-state index in [0.717, 1.165) is 11.3 Å². The molecule has 0 aliphatic rings. The lowest BCUT2D eigenvalue weighted by Crippen LogP contribution is -2.39. The highest BCUT2D eigenvalue weighted by molar-refractivity contribution is 7.99. The molecule has 2 amide bonds. The molecule has 0 unspecified atom stereocenters. The number of benzene rings is 1. The van der Waals surface area contributed by atoms with Crippen molar-refractivity contribution in [2.24, 2.45) is 5.84 Å². The fourth-order valence-corrected chi connectivity index (χ4v) is 1.77. The SMILES string of the molecule is CCSc1ccc(CNC(=O)NN)cc1. The molecule has 15 heavy (non-hydrogen) atoms. The minimum absolute atomic E-state index is 0.373. The number of hydrogen-bond acceptors (Lipinski definition) is 3. The van der Waals surface area contributed by atoms with Gasteiger partial charge in [0.2, 0.25) is 0 Å². The first-order chi connectivity index (χ1) is 7.26. The van der Waals surface area contributed by atoms with Gasteiger partial charge in [0.1, 0.15) is 0 Å². The second-order valence-corrected chi connectivity index (χ2v) is 4.24. The van der Waals surface area contributed by atoms with E-state index in [2.05, 4.69) is 12.2 Å². The Morgan fingerprint density at radius 2 is 2.07 bits per heavy atom. The van der Waals surface area contributed by atoms with E-state index < -0.39 is 0 Å². The number of urea groups is 1. The first kappa shape index (κ1) is 11.9. The third-order valence-electron chi connectivity index (χ3n) is 1.82. The highest BCUT2D eigenvalue weighted by Gasteiger charge is 1.97. The molecule has 0 saturated carbocycles. The van der Waals surface area contributed by atoms with Crippen LogP contribution in [0.2, 0.25) is 0 Å². The summed E-state index contributed by atoms with van der Waals surface area (Å²) in [5, 5.41) is 2.62. The van der Waals surface area contributed by atoms with Crippen LogP contribution in [-0.4, -0.2) is 11.8 Å². The van der Waals surface area contributed by atoms with Crippen molar-refractivity contribution < 1.29 is 4.79 Å². The molecule has 0 spiro atoms. The predicted octanol–water partition coefficient (Wildman–Crippen LogP) is 1.47. The van der Waals surface area contributed by atoms with Crippen molar-refractivity contribution in [1.29, 1.82) is 0 Å². The van der Waals surface area contributed by atoms with E-state index in [4.69, 9.17) is 5.84 Å². The van der Waals surface area contributed by atoms with Crippen LogP contribution in [0.15, 0.2) is 29.2 Å². The van der Waals surface area contributed by atoms with Gasteiger partial charge in [0, 0.05) is 11.4 Å². The molecule has 0 aliphatic carbocycles. The van der Waals surface area contributed by atoms with E-state index in [-0.39, 0.29) is 6.03 Å². The summed E-state index contributed by atoms with van der Waals surface area (Å²) in [5.74, 6) is 6.00. The van der Waals surface area contributed by atoms with Crippen LogP contribution in [0.1, 0.15) is 12.5 Å². The molecule has 4 nitrogen and oxygen atoms in total. The largest absolute Gasteiger partial charge is 0.333 e. The number of hydrogen-bond donors (Lipinski definition) is 3. The number of carbonyl (C=O) groups excluding carboxylic acids is 1. The summed E-state index contributed by atoms with van der Waals surface area (Å²) >= 11 is 1.79. The average molecular weight is 225 g/mol. The van der Waals surface area contributed by atoms with Gasteiger partial charge in [-0.2, -0.15) is 0 Å². The molecule has 0 radical (unpaired) electrons. The Morgan fingerprint density at radius 1 is 1.40 bits per heavy atom. The fourth-order valence-electron chi connectivity index (χ4n) is 1.10. The highest BCUT2D eigenvalue weighted by atomic mass is 32.2. The fraction of sp³-hybridized carbons (Fsp3) is 0.300. The minimum Gasteiger partial charge on any atom is -0.333 e. The number of amides is 2. The molecule has 4 N–H and O–H groups in total. The van der Waals surface area contributed by atoms with Crippen LogP contribution in [-0.2, 0) is 6.54 Å². The van der Waals surface area contributed by atoms with Gasteiger partial charge in [-0.1, -0.05) is 19.1 Å². The number of nitrogens with two attached hydrogens (primary N) is 1. The Morgan fingerprint density at radius 3 is 2.60 bits per heavy atom. The number of hydrazine groups is 1. The summed E-state index contributed by atoms with van der Waals surface area (Å²) in [7, 11) is 0. The molecule has 0 bridgehead atoms. The second kappa shape index (κ2) is 6.31. The van der Waals surface area contributed by atoms with Crippen LogP contribution >= 0.6 is 11.8 Å². The minimum atomic E-state index is -0.373. The molecular weight excluding hydrogens is 210 g/mol. The van der Waals surface area contributed by atoms with Gasteiger partial charge in [-0.3, -0.25) is 5.43 Å². The lowest BCUT2D eigenvalue weighted by molar-refractivity contribution is 0.241. The van der Waals surface area contributed by atoms with Crippen LogP contribution in [0.3, 0.4) is 0 Å². The Kier molecular flexibility index (Phi) is 5.00. The Hall–Kier alpha value is -1.20. The molecule has 82 valence electrons. The number of carbonyl (C=O) groups is 1. The normalized spacial score (nSPS) is 9.73. The maximum Gasteiger partial charge on any atom is 0.329 e. The molecule has 5 heteroatoms. The van der Waals surface area contributed by atoms with Gasteiger partial charge in [-0.25, -0.2) is 10.6 Å². The lowest BCUT2D eigenvalue weighted by atomic mass is 10.2.